The van der Waals surface area contributed by atoms with Crippen molar-refractivity contribution in [2.24, 2.45) is 22.8 Å². The van der Waals surface area contributed by atoms with Crippen LogP contribution in [0.3, 0.4) is 0 Å². The summed E-state index contributed by atoms with van der Waals surface area (Å²) in [5, 5.41) is 0. The van der Waals surface area contributed by atoms with Crippen LogP contribution in [0.4, 0.5) is 19.0 Å². The van der Waals surface area contributed by atoms with E-state index in [4.69, 9.17) is 11.5 Å². The quantitative estimate of drug-likeness (QED) is 0.540. The Morgan fingerprint density at radius 3 is 2.46 bits per heavy atom. The van der Waals surface area contributed by atoms with E-state index in [-0.39, 0.29) is 29.0 Å². The Balaban J connectivity index is 1.28. The molecule has 212 valence electrons. The van der Waals surface area contributed by atoms with Crippen molar-refractivity contribution in [2.75, 3.05) is 57.3 Å². The number of anilines is 1. The molecule has 1 amide bonds. The SMILES string of the molecule is CC(C)(N)C(=O)N1CCN(c2ccn(-c3ccc(CCN4CC5CC5(CN)C4)c(C(F)(F)F)c3)c(=O)n2)CC1. The molecule has 3 aliphatic rings. The minimum atomic E-state index is -4.55. The number of nitrogens with two attached hydrogens (primary N) is 2. The molecule has 3 fully saturated rings. The summed E-state index contributed by atoms with van der Waals surface area (Å²) in [6.45, 7) is 8.03. The molecule has 39 heavy (non-hydrogen) atoms. The van der Waals surface area contributed by atoms with Gasteiger partial charge in [0.15, 0.2) is 0 Å². The number of rotatable bonds is 7. The minimum absolute atomic E-state index is 0.111. The van der Waals surface area contributed by atoms with E-state index in [1.165, 1.54) is 18.3 Å². The van der Waals surface area contributed by atoms with E-state index in [2.05, 4.69) is 9.88 Å². The molecule has 0 radical (unpaired) electrons. The van der Waals surface area contributed by atoms with E-state index < -0.39 is 23.0 Å². The van der Waals surface area contributed by atoms with Crippen LogP contribution in [-0.4, -0.2) is 83.2 Å². The van der Waals surface area contributed by atoms with Gasteiger partial charge in [0, 0.05) is 52.0 Å². The molecule has 2 aromatic rings. The average molecular weight is 548 g/mol. The number of likely N-dealkylation sites (tertiary alicyclic amines) is 1. The van der Waals surface area contributed by atoms with Crippen molar-refractivity contribution in [3.05, 3.63) is 52.1 Å². The number of piperazine rings is 1. The van der Waals surface area contributed by atoms with Crippen molar-refractivity contribution in [1.29, 1.82) is 0 Å². The molecule has 2 atom stereocenters. The maximum Gasteiger partial charge on any atom is 0.416 e. The lowest BCUT2D eigenvalue weighted by Gasteiger charge is -2.38. The van der Waals surface area contributed by atoms with Gasteiger partial charge in [-0.25, -0.2) is 4.79 Å². The first-order valence-electron chi connectivity index (χ1n) is 13.4. The second-order valence-corrected chi connectivity index (χ2v) is 11.7. The van der Waals surface area contributed by atoms with Crippen molar-refractivity contribution >= 4 is 11.7 Å². The molecule has 2 unspecified atom stereocenters. The van der Waals surface area contributed by atoms with E-state index in [0.29, 0.717) is 51.0 Å². The molecular weight excluding hydrogens is 511 g/mol. The molecule has 9 nitrogen and oxygen atoms in total. The predicted molar refractivity (Wildman–Crippen MR) is 142 cm³/mol. The highest BCUT2D eigenvalue weighted by atomic mass is 19.4. The second-order valence-electron chi connectivity index (χ2n) is 11.7. The van der Waals surface area contributed by atoms with Gasteiger partial charge in [0.2, 0.25) is 5.91 Å². The molecule has 4 N–H and O–H groups in total. The minimum Gasteiger partial charge on any atom is -0.353 e. The molecule has 12 heteroatoms. The summed E-state index contributed by atoms with van der Waals surface area (Å²) in [5.74, 6) is 0.839. The van der Waals surface area contributed by atoms with Gasteiger partial charge in [-0.15, -0.1) is 0 Å². The highest BCUT2D eigenvalue weighted by molar-refractivity contribution is 5.85. The number of hydrogen-bond donors (Lipinski definition) is 2. The Labute approximate surface area is 225 Å². The number of hydrogen-bond acceptors (Lipinski definition) is 7. The number of fused-ring (bicyclic) bond motifs is 1. The van der Waals surface area contributed by atoms with Gasteiger partial charge in [0.25, 0.3) is 0 Å². The number of alkyl halides is 3. The molecule has 1 saturated carbocycles. The third kappa shape index (κ3) is 5.55. The number of aromatic nitrogens is 2. The average Bonchev–Trinajstić information content (AvgIpc) is 3.46. The molecule has 2 saturated heterocycles. The molecule has 1 aromatic heterocycles. The lowest BCUT2D eigenvalue weighted by atomic mass is 10.0. The molecule has 5 rings (SSSR count). The summed E-state index contributed by atoms with van der Waals surface area (Å²) >= 11 is 0. The normalized spacial score (nSPS) is 23.7. The lowest BCUT2D eigenvalue weighted by molar-refractivity contribution is -0.138. The van der Waals surface area contributed by atoms with Gasteiger partial charge in [-0.3, -0.25) is 9.36 Å². The Kier molecular flexibility index (Phi) is 7.01. The molecule has 0 spiro atoms. The Morgan fingerprint density at radius 1 is 1.15 bits per heavy atom. The van der Waals surface area contributed by atoms with Crippen LogP contribution in [0.5, 0.6) is 0 Å². The van der Waals surface area contributed by atoms with Crippen LogP contribution in [0.25, 0.3) is 5.69 Å². The lowest BCUT2D eigenvalue weighted by Crippen LogP contribution is -2.57. The highest BCUT2D eigenvalue weighted by Crippen LogP contribution is 2.56. The summed E-state index contributed by atoms with van der Waals surface area (Å²) in [6.07, 6.45) is -1.72. The summed E-state index contributed by atoms with van der Waals surface area (Å²) in [5.41, 5.74) is 9.93. The predicted octanol–water partition coefficient (Wildman–Crippen LogP) is 1.46. The smallest absolute Gasteiger partial charge is 0.353 e. The molecular formula is C27H36F3N7O2. The van der Waals surface area contributed by atoms with Crippen LogP contribution >= 0.6 is 0 Å². The maximum atomic E-state index is 14.0. The fraction of sp³-hybridized carbons (Fsp3) is 0.593. The number of carbonyl (C=O) groups excluding carboxylic acids is 1. The zero-order valence-electron chi connectivity index (χ0n) is 22.4. The first-order valence-corrected chi connectivity index (χ1v) is 13.4. The fourth-order valence-corrected chi connectivity index (χ4v) is 5.98. The van der Waals surface area contributed by atoms with Gasteiger partial charge >= 0.3 is 11.9 Å². The molecule has 0 bridgehead atoms. The first kappa shape index (κ1) is 27.6. The number of nitrogens with zero attached hydrogens (tertiary/aromatic N) is 5. The fourth-order valence-electron chi connectivity index (χ4n) is 5.98. The van der Waals surface area contributed by atoms with E-state index in [0.717, 1.165) is 30.1 Å². The topological polar surface area (TPSA) is 114 Å². The molecule has 2 aliphatic heterocycles. The first-order chi connectivity index (χ1) is 18.3. The molecule has 1 aliphatic carbocycles. The van der Waals surface area contributed by atoms with E-state index in [1.54, 1.807) is 24.8 Å². The van der Waals surface area contributed by atoms with Crippen LogP contribution in [0, 0.1) is 11.3 Å². The van der Waals surface area contributed by atoms with Crippen molar-refractivity contribution in [3.63, 3.8) is 0 Å². The van der Waals surface area contributed by atoms with Crippen molar-refractivity contribution in [1.82, 2.24) is 19.4 Å². The Hall–Kier alpha value is -2.96. The Morgan fingerprint density at radius 2 is 1.87 bits per heavy atom. The van der Waals surface area contributed by atoms with Crippen molar-refractivity contribution < 1.29 is 18.0 Å². The third-order valence-electron chi connectivity index (χ3n) is 8.39. The second kappa shape index (κ2) is 9.90. The summed E-state index contributed by atoms with van der Waals surface area (Å²) in [4.78, 5) is 35.2. The maximum absolute atomic E-state index is 14.0. The monoisotopic (exact) mass is 547 g/mol. The Bertz CT molecular complexity index is 1290. The summed E-state index contributed by atoms with van der Waals surface area (Å²) < 4.78 is 43.2. The van der Waals surface area contributed by atoms with Crippen molar-refractivity contribution in [3.8, 4) is 5.69 Å². The third-order valence-corrected chi connectivity index (χ3v) is 8.39. The van der Waals surface area contributed by atoms with Gasteiger partial charge in [-0.05, 0) is 68.3 Å². The number of amides is 1. The number of piperidine rings is 1. The van der Waals surface area contributed by atoms with Crippen LogP contribution < -0.4 is 22.1 Å². The van der Waals surface area contributed by atoms with Gasteiger partial charge in [-0.2, -0.15) is 18.2 Å². The molecule has 3 heterocycles. The van der Waals surface area contributed by atoms with E-state index >= 15 is 0 Å². The number of benzene rings is 1. The largest absolute Gasteiger partial charge is 0.416 e. The standard InChI is InChI=1S/C27H36F3N7O2/c1-25(2,32)23(38)36-11-9-35(10-12-36)22-6-8-37(24(39)33-22)20-4-3-18(21(13-20)27(28,29)30)5-7-34-15-19-14-26(19,16-31)17-34/h3-4,6,8,13,19H,5,7,9-12,14-17,31-32H2,1-2H3. The van der Waals surface area contributed by atoms with Gasteiger partial charge in [0.1, 0.15) is 5.82 Å². The van der Waals surface area contributed by atoms with Crippen LogP contribution in [0.1, 0.15) is 31.4 Å². The van der Waals surface area contributed by atoms with Crippen LogP contribution in [0.15, 0.2) is 35.3 Å². The zero-order chi connectivity index (χ0) is 28.2. The van der Waals surface area contributed by atoms with Crippen LogP contribution in [-0.2, 0) is 17.4 Å². The van der Waals surface area contributed by atoms with Crippen molar-refractivity contribution in [2.45, 2.75) is 38.4 Å². The highest BCUT2D eigenvalue weighted by Gasteiger charge is 2.58. The van der Waals surface area contributed by atoms with Crippen LogP contribution in [0.2, 0.25) is 0 Å². The summed E-state index contributed by atoms with van der Waals surface area (Å²) in [6, 6.07) is 5.64. The summed E-state index contributed by atoms with van der Waals surface area (Å²) in [7, 11) is 0. The number of carbonyl (C=O) groups is 1. The van der Waals surface area contributed by atoms with E-state index in [9.17, 15) is 22.8 Å². The molecule has 1 aromatic carbocycles. The van der Waals surface area contributed by atoms with Gasteiger partial charge in [-0.1, -0.05) is 6.07 Å². The zero-order valence-corrected chi connectivity index (χ0v) is 22.4. The number of halogens is 3. The van der Waals surface area contributed by atoms with E-state index in [1.807, 2.05) is 4.90 Å². The van der Waals surface area contributed by atoms with Gasteiger partial charge < -0.3 is 26.2 Å². The van der Waals surface area contributed by atoms with Gasteiger partial charge in [0.05, 0.1) is 16.8 Å².